The zero-order chi connectivity index (χ0) is 10.8. The second-order valence-corrected chi connectivity index (χ2v) is 2.76. The Morgan fingerprint density at radius 2 is 1.86 bits per heavy atom. The summed E-state index contributed by atoms with van der Waals surface area (Å²) in [6, 6.07) is 3.23. The summed E-state index contributed by atoms with van der Waals surface area (Å²) in [4.78, 5) is 0. The maximum absolute atomic E-state index is 12.5. The molecular weight excluding hydrogens is 197 g/mol. The molecule has 0 aliphatic carbocycles. The van der Waals surface area contributed by atoms with Crippen LogP contribution in [-0.2, 0) is 0 Å². The normalized spacial score (nSPS) is 12.3. The van der Waals surface area contributed by atoms with Crippen LogP contribution in [0.5, 0.6) is 0 Å². The van der Waals surface area contributed by atoms with Crippen molar-refractivity contribution in [2.75, 3.05) is 5.73 Å². The Morgan fingerprint density at radius 3 is 2.36 bits per heavy atom. The van der Waals surface area contributed by atoms with Gasteiger partial charge < -0.3 is 18.7 Å². The zero-order valence-electron chi connectivity index (χ0n) is 7.05. The first-order valence-electron chi connectivity index (χ1n) is 3.83. The summed E-state index contributed by atoms with van der Waals surface area (Å²) in [6.07, 6.45) is 0.828. The SMILES string of the molecule is Nc1cc(F)ccc1/C=C/[B-](F)(F)F. The third-order valence-corrected chi connectivity index (χ3v) is 1.54. The molecule has 0 saturated carbocycles. The van der Waals surface area contributed by atoms with E-state index in [9.17, 15) is 17.3 Å². The highest BCUT2D eigenvalue weighted by molar-refractivity contribution is 6.64. The van der Waals surface area contributed by atoms with Crippen molar-refractivity contribution >= 4 is 18.7 Å². The Kier molecular flexibility index (Phi) is 2.83. The van der Waals surface area contributed by atoms with Gasteiger partial charge in [0, 0.05) is 5.69 Å². The summed E-state index contributed by atoms with van der Waals surface area (Å²) >= 11 is 0. The molecular formula is C8H7BF4N-. The first-order chi connectivity index (χ1) is 6.38. The summed E-state index contributed by atoms with van der Waals surface area (Å²) in [7, 11) is 0. The molecule has 0 atom stereocenters. The molecule has 76 valence electrons. The van der Waals surface area contributed by atoms with Crippen molar-refractivity contribution in [1.82, 2.24) is 0 Å². The first-order valence-corrected chi connectivity index (χ1v) is 3.83. The summed E-state index contributed by atoms with van der Waals surface area (Å²) in [5.41, 5.74) is 5.44. The highest BCUT2D eigenvalue weighted by Crippen LogP contribution is 2.18. The van der Waals surface area contributed by atoms with Crippen molar-refractivity contribution < 1.29 is 17.3 Å². The van der Waals surface area contributed by atoms with E-state index in [0.717, 1.165) is 18.2 Å². The van der Waals surface area contributed by atoms with E-state index in [-0.39, 0.29) is 17.2 Å². The lowest BCUT2D eigenvalue weighted by Gasteiger charge is -2.07. The van der Waals surface area contributed by atoms with Crippen LogP contribution in [0.3, 0.4) is 0 Å². The second-order valence-electron chi connectivity index (χ2n) is 2.76. The molecule has 0 heterocycles. The first kappa shape index (κ1) is 10.6. The number of rotatable bonds is 2. The molecule has 1 rings (SSSR count). The van der Waals surface area contributed by atoms with Crippen LogP contribution in [0.2, 0.25) is 0 Å². The zero-order valence-corrected chi connectivity index (χ0v) is 7.05. The fraction of sp³-hybridized carbons (Fsp3) is 0. The van der Waals surface area contributed by atoms with Gasteiger partial charge in [0.1, 0.15) is 5.82 Å². The van der Waals surface area contributed by atoms with Gasteiger partial charge >= 0.3 is 6.98 Å². The molecule has 0 aliphatic rings. The van der Waals surface area contributed by atoms with Crippen molar-refractivity contribution in [1.29, 1.82) is 0 Å². The van der Waals surface area contributed by atoms with Crippen LogP contribution < -0.4 is 5.73 Å². The predicted octanol–water partition coefficient (Wildman–Crippen LogP) is 2.81. The molecule has 1 aromatic carbocycles. The van der Waals surface area contributed by atoms with Crippen molar-refractivity contribution in [2.24, 2.45) is 0 Å². The van der Waals surface area contributed by atoms with Gasteiger partial charge in [0.25, 0.3) is 0 Å². The molecule has 0 radical (unpaired) electrons. The van der Waals surface area contributed by atoms with Gasteiger partial charge in [-0.25, -0.2) is 4.39 Å². The fourth-order valence-electron chi connectivity index (χ4n) is 0.910. The molecule has 0 amide bonds. The quantitative estimate of drug-likeness (QED) is 0.447. The maximum Gasteiger partial charge on any atom is 0.502 e. The average molecular weight is 204 g/mol. The Morgan fingerprint density at radius 1 is 1.21 bits per heavy atom. The van der Waals surface area contributed by atoms with Gasteiger partial charge in [-0.05, 0) is 17.7 Å². The number of benzene rings is 1. The fourth-order valence-corrected chi connectivity index (χ4v) is 0.910. The van der Waals surface area contributed by atoms with E-state index in [1.54, 1.807) is 0 Å². The van der Waals surface area contributed by atoms with Crippen LogP contribution >= 0.6 is 0 Å². The Hall–Kier alpha value is -1.46. The van der Waals surface area contributed by atoms with Crippen LogP contribution in [0.4, 0.5) is 23.0 Å². The van der Waals surface area contributed by atoms with Crippen molar-refractivity contribution in [3.8, 4) is 0 Å². The topological polar surface area (TPSA) is 26.0 Å². The minimum absolute atomic E-state index is 0.0127. The van der Waals surface area contributed by atoms with E-state index >= 15 is 0 Å². The van der Waals surface area contributed by atoms with Gasteiger partial charge in [-0.3, -0.25) is 0 Å². The van der Waals surface area contributed by atoms with Crippen molar-refractivity contribution in [2.45, 2.75) is 0 Å². The number of nitrogens with two attached hydrogens (primary N) is 1. The molecule has 14 heavy (non-hydrogen) atoms. The third kappa shape index (κ3) is 3.12. The van der Waals surface area contributed by atoms with Crippen molar-refractivity contribution in [3.05, 3.63) is 35.6 Å². The molecule has 0 bridgehead atoms. The number of hydrogen-bond acceptors (Lipinski definition) is 1. The predicted molar refractivity (Wildman–Crippen MR) is 48.9 cm³/mol. The molecule has 1 aromatic rings. The standard InChI is InChI=1S/C8H7BF4N/c10-7-2-1-6(8(14)5-7)3-4-9(11,12)13/h1-5H,14H2/q-1/b4-3+. The summed E-state index contributed by atoms with van der Waals surface area (Å²) in [6.45, 7) is -4.98. The highest BCUT2D eigenvalue weighted by Gasteiger charge is 2.17. The van der Waals surface area contributed by atoms with Gasteiger partial charge in [-0.1, -0.05) is 12.1 Å². The molecule has 1 nitrogen and oxygen atoms in total. The maximum atomic E-state index is 12.5. The van der Waals surface area contributed by atoms with Crippen molar-refractivity contribution in [3.63, 3.8) is 0 Å². The minimum Gasteiger partial charge on any atom is -0.445 e. The number of anilines is 1. The second kappa shape index (κ2) is 3.73. The van der Waals surface area contributed by atoms with Crippen LogP contribution in [0.25, 0.3) is 6.08 Å². The molecule has 2 N–H and O–H groups in total. The van der Waals surface area contributed by atoms with E-state index in [4.69, 9.17) is 5.73 Å². The van der Waals surface area contributed by atoms with Crippen LogP contribution in [0, 0.1) is 5.82 Å². The van der Waals surface area contributed by atoms with E-state index in [0.29, 0.717) is 0 Å². The molecule has 0 unspecified atom stereocenters. The average Bonchev–Trinajstić information content (AvgIpc) is 2.00. The molecule has 0 saturated heterocycles. The molecule has 0 fully saturated rings. The molecule has 0 aliphatic heterocycles. The van der Waals surface area contributed by atoms with Gasteiger partial charge in [0.05, 0.1) is 0 Å². The lowest BCUT2D eigenvalue weighted by molar-refractivity contribution is 0.499. The molecule has 6 heteroatoms. The van der Waals surface area contributed by atoms with Gasteiger partial charge in [0.15, 0.2) is 0 Å². The largest absolute Gasteiger partial charge is 0.502 e. The molecule has 0 spiro atoms. The van der Waals surface area contributed by atoms with E-state index in [1.807, 2.05) is 0 Å². The summed E-state index contributed by atoms with van der Waals surface area (Å²) in [5.74, 6) is -0.457. The summed E-state index contributed by atoms with van der Waals surface area (Å²) in [5, 5.41) is 0. The van der Waals surface area contributed by atoms with E-state index in [1.165, 1.54) is 6.07 Å². The molecule has 0 aromatic heterocycles. The number of hydrogen-bond donors (Lipinski definition) is 1. The lowest BCUT2D eigenvalue weighted by atomic mass is 9.90. The highest BCUT2D eigenvalue weighted by atomic mass is 19.4. The Labute approximate surface area is 78.3 Å². The Bertz CT molecular complexity index is 359. The van der Waals surface area contributed by atoms with Gasteiger partial charge in [-0.2, -0.15) is 0 Å². The smallest absolute Gasteiger partial charge is 0.445 e. The number of halogens is 4. The van der Waals surface area contributed by atoms with Gasteiger partial charge in [-0.15, -0.1) is 5.98 Å². The lowest BCUT2D eigenvalue weighted by Crippen LogP contribution is -2.09. The van der Waals surface area contributed by atoms with E-state index < -0.39 is 12.8 Å². The van der Waals surface area contributed by atoms with Crippen LogP contribution in [0.1, 0.15) is 5.56 Å². The summed E-state index contributed by atoms with van der Waals surface area (Å²) < 4.78 is 47.9. The van der Waals surface area contributed by atoms with Crippen LogP contribution in [-0.4, -0.2) is 6.98 Å². The van der Waals surface area contributed by atoms with Crippen LogP contribution in [0.15, 0.2) is 24.2 Å². The third-order valence-electron chi connectivity index (χ3n) is 1.54. The monoisotopic (exact) mass is 204 g/mol. The number of nitrogen functional groups attached to an aromatic ring is 1. The Balaban J connectivity index is 2.93. The van der Waals surface area contributed by atoms with Gasteiger partial charge in [0.2, 0.25) is 0 Å². The minimum atomic E-state index is -4.98. The van der Waals surface area contributed by atoms with E-state index in [2.05, 4.69) is 0 Å².